The zero-order valence-corrected chi connectivity index (χ0v) is 18.1. The van der Waals surface area contributed by atoms with Gasteiger partial charge in [-0.2, -0.15) is 0 Å². The molecule has 5 heteroatoms. The Morgan fingerprint density at radius 2 is 1.97 bits per heavy atom. The lowest BCUT2D eigenvalue weighted by molar-refractivity contribution is -0.146. The fourth-order valence-corrected chi connectivity index (χ4v) is 4.79. The van der Waals surface area contributed by atoms with Crippen LogP contribution in [0.15, 0.2) is 61.4 Å². The molecule has 2 aliphatic rings. The second kappa shape index (κ2) is 9.46. The van der Waals surface area contributed by atoms with Crippen LogP contribution < -0.4 is 5.32 Å². The highest BCUT2D eigenvalue weighted by Gasteiger charge is 2.44. The van der Waals surface area contributed by atoms with E-state index < -0.39 is 5.41 Å². The zero-order chi connectivity index (χ0) is 21.7. The first-order chi connectivity index (χ1) is 15.1. The predicted octanol–water partition coefficient (Wildman–Crippen LogP) is 4.00. The maximum atomic E-state index is 13.4. The van der Waals surface area contributed by atoms with Gasteiger partial charge in [-0.25, -0.2) is 0 Å². The first-order valence-corrected chi connectivity index (χ1v) is 11.3. The van der Waals surface area contributed by atoms with Crippen LogP contribution in [0.25, 0.3) is 11.1 Å². The van der Waals surface area contributed by atoms with E-state index in [0.29, 0.717) is 19.5 Å². The third-order valence-corrected chi connectivity index (χ3v) is 6.71. The van der Waals surface area contributed by atoms with Crippen molar-refractivity contribution in [3.05, 3.63) is 67.0 Å². The van der Waals surface area contributed by atoms with Gasteiger partial charge in [0.25, 0.3) is 0 Å². The molecule has 31 heavy (non-hydrogen) atoms. The molecule has 1 saturated heterocycles. The molecule has 1 aliphatic carbocycles. The molecule has 1 atom stereocenters. The third-order valence-electron chi connectivity index (χ3n) is 6.71. The molecule has 1 unspecified atom stereocenters. The molecule has 5 nitrogen and oxygen atoms in total. The summed E-state index contributed by atoms with van der Waals surface area (Å²) < 4.78 is 0. The second-order valence-electron chi connectivity index (χ2n) is 8.88. The van der Waals surface area contributed by atoms with Gasteiger partial charge < -0.3 is 10.2 Å². The number of piperidine rings is 1. The number of pyridine rings is 1. The maximum absolute atomic E-state index is 13.4. The molecule has 4 rings (SSSR count). The highest BCUT2D eigenvalue weighted by molar-refractivity contribution is 5.86. The molecular weight excluding hydrogens is 386 g/mol. The molecule has 0 bridgehead atoms. The summed E-state index contributed by atoms with van der Waals surface area (Å²) in [6.45, 7) is 5.41. The maximum Gasteiger partial charge on any atom is 0.228 e. The SMILES string of the molecule is C=CCNC(=O)C1(Cc2cccc(-c3ccncc3)c2)CCCN(C(=O)C2CCC2)C1. The quantitative estimate of drug-likeness (QED) is 0.693. The predicted molar refractivity (Wildman–Crippen MR) is 122 cm³/mol. The van der Waals surface area contributed by atoms with E-state index in [2.05, 4.69) is 35.1 Å². The van der Waals surface area contributed by atoms with Crippen LogP contribution in [0.4, 0.5) is 0 Å². The minimum absolute atomic E-state index is 0.0211. The van der Waals surface area contributed by atoms with Gasteiger partial charge >= 0.3 is 0 Å². The van der Waals surface area contributed by atoms with Gasteiger partial charge in [-0.05, 0) is 60.9 Å². The molecule has 0 spiro atoms. The van der Waals surface area contributed by atoms with Gasteiger partial charge in [-0.1, -0.05) is 36.8 Å². The van der Waals surface area contributed by atoms with Crippen molar-refractivity contribution in [1.82, 2.24) is 15.2 Å². The minimum atomic E-state index is -0.614. The normalized spacial score (nSPS) is 21.2. The van der Waals surface area contributed by atoms with E-state index in [1.54, 1.807) is 18.5 Å². The molecular formula is C26H31N3O2. The first kappa shape index (κ1) is 21.3. The van der Waals surface area contributed by atoms with Crippen LogP contribution in [0.5, 0.6) is 0 Å². The Morgan fingerprint density at radius 1 is 1.16 bits per heavy atom. The van der Waals surface area contributed by atoms with E-state index >= 15 is 0 Å². The number of hydrogen-bond donors (Lipinski definition) is 1. The van der Waals surface area contributed by atoms with Crippen molar-refractivity contribution in [3.8, 4) is 11.1 Å². The molecule has 1 aliphatic heterocycles. The number of nitrogens with zero attached hydrogens (tertiary/aromatic N) is 2. The number of likely N-dealkylation sites (tertiary alicyclic amines) is 1. The second-order valence-corrected chi connectivity index (χ2v) is 8.88. The fraction of sp³-hybridized carbons (Fsp3) is 0.423. The van der Waals surface area contributed by atoms with Crippen molar-refractivity contribution in [2.45, 2.75) is 38.5 Å². The molecule has 1 aromatic heterocycles. The van der Waals surface area contributed by atoms with E-state index in [-0.39, 0.29) is 17.7 Å². The topological polar surface area (TPSA) is 62.3 Å². The highest BCUT2D eigenvalue weighted by Crippen LogP contribution is 2.37. The Bertz CT molecular complexity index is 939. The molecule has 2 aromatic rings. The number of benzene rings is 1. The average molecular weight is 418 g/mol. The molecule has 0 radical (unpaired) electrons. The number of nitrogens with one attached hydrogen (secondary N) is 1. The van der Waals surface area contributed by atoms with Crippen LogP contribution in [0.2, 0.25) is 0 Å². The largest absolute Gasteiger partial charge is 0.352 e. The summed E-state index contributed by atoms with van der Waals surface area (Å²) in [6.07, 6.45) is 10.6. The third kappa shape index (κ3) is 4.71. The number of rotatable bonds is 7. The van der Waals surface area contributed by atoms with Crippen molar-refractivity contribution in [2.75, 3.05) is 19.6 Å². The Morgan fingerprint density at radius 3 is 2.68 bits per heavy atom. The van der Waals surface area contributed by atoms with Crippen LogP contribution >= 0.6 is 0 Å². The number of hydrogen-bond acceptors (Lipinski definition) is 3. The van der Waals surface area contributed by atoms with Gasteiger partial charge in [0.15, 0.2) is 0 Å². The average Bonchev–Trinajstić information content (AvgIpc) is 2.77. The van der Waals surface area contributed by atoms with Crippen LogP contribution in [0.1, 0.15) is 37.7 Å². The molecule has 1 saturated carbocycles. The Labute approximate surface area is 184 Å². The van der Waals surface area contributed by atoms with Gasteiger partial charge in [0, 0.05) is 37.9 Å². The Hall–Kier alpha value is -2.95. The van der Waals surface area contributed by atoms with E-state index in [4.69, 9.17) is 0 Å². The smallest absolute Gasteiger partial charge is 0.228 e. The molecule has 2 amide bonds. The van der Waals surface area contributed by atoms with Crippen LogP contribution in [0.3, 0.4) is 0 Å². The number of amides is 2. The molecule has 1 N–H and O–H groups in total. The molecule has 162 valence electrons. The first-order valence-electron chi connectivity index (χ1n) is 11.3. The van der Waals surface area contributed by atoms with Crippen LogP contribution in [-0.4, -0.2) is 41.3 Å². The summed E-state index contributed by atoms with van der Waals surface area (Å²) in [5.74, 6) is 0.409. The molecule has 2 heterocycles. The summed E-state index contributed by atoms with van der Waals surface area (Å²) in [4.78, 5) is 32.4. The lowest BCUT2D eigenvalue weighted by Gasteiger charge is -2.43. The van der Waals surface area contributed by atoms with Crippen molar-refractivity contribution in [3.63, 3.8) is 0 Å². The monoisotopic (exact) mass is 417 g/mol. The van der Waals surface area contributed by atoms with Gasteiger partial charge in [-0.15, -0.1) is 6.58 Å². The number of carbonyl (C=O) groups is 2. The van der Waals surface area contributed by atoms with E-state index in [0.717, 1.165) is 55.3 Å². The highest BCUT2D eigenvalue weighted by atomic mass is 16.2. The van der Waals surface area contributed by atoms with Crippen molar-refractivity contribution in [1.29, 1.82) is 0 Å². The van der Waals surface area contributed by atoms with Crippen LogP contribution in [-0.2, 0) is 16.0 Å². The molecule has 1 aromatic carbocycles. The lowest BCUT2D eigenvalue weighted by Crippen LogP contribution is -2.55. The standard InChI is InChI=1S/C26H31N3O2/c1-2-13-28-25(31)26(12-5-16-29(19-26)24(30)22-7-4-8-22)18-20-6-3-9-23(17-20)21-10-14-27-15-11-21/h2-3,6,9-11,14-15,17,22H,1,4-5,7-8,12-13,16,18-19H2,(H,28,31). The number of aromatic nitrogens is 1. The van der Waals surface area contributed by atoms with Gasteiger partial charge in [0.1, 0.15) is 0 Å². The minimum Gasteiger partial charge on any atom is -0.352 e. The zero-order valence-electron chi connectivity index (χ0n) is 18.1. The Kier molecular flexibility index (Phi) is 6.50. The lowest BCUT2D eigenvalue weighted by atomic mass is 9.73. The van der Waals surface area contributed by atoms with Crippen molar-refractivity contribution in [2.24, 2.45) is 11.3 Å². The Balaban J connectivity index is 1.60. The van der Waals surface area contributed by atoms with E-state index in [1.807, 2.05) is 23.1 Å². The van der Waals surface area contributed by atoms with Gasteiger partial charge in [-0.3, -0.25) is 14.6 Å². The van der Waals surface area contributed by atoms with Gasteiger partial charge in [0.2, 0.25) is 11.8 Å². The summed E-state index contributed by atoms with van der Waals surface area (Å²) in [6, 6.07) is 12.3. The summed E-state index contributed by atoms with van der Waals surface area (Å²) in [7, 11) is 0. The summed E-state index contributed by atoms with van der Waals surface area (Å²) in [5, 5.41) is 3.02. The summed E-state index contributed by atoms with van der Waals surface area (Å²) in [5.41, 5.74) is 2.71. The summed E-state index contributed by atoms with van der Waals surface area (Å²) >= 11 is 0. The van der Waals surface area contributed by atoms with Crippen molar-refractivity contribution >= 4 is 11.8 Å². The molecule has 2 fully saturated rings. The van der Waals surface area contributed by atoms with E-state index in [9.17, 15) is 9.59 Å². The number of carbonyl (C=O) groups excluding carboxylic acids is 2. The fourth-order valence-electron chi connectivity index (χ4n) is 4.79. The van der Waals surface area contributed by atoms with Crippen LogP contribution in [0, 0.1) is 11.3 Å². The van der Waals surface area contributed by atoms with E-state index in [1.165, 1.54) is 0 Å². The van der Waals surface area contributed by atoms with Crippen molar-refractivity contribution < 1.29 is 9.59 Å². The van der Waals surface area contributed by atoms with Gasteiger partial charge in [0.05, 0.1) is 5.41 Å².